The molecule has 0 fully saturated rings. The van der Waals surface area contributed by atoms with Crippen molar-refractivity contribution in [3.05, 3.63) is 41.6 Å². The number of pyridine rings is 1. The van der Waals surface area contributed by atoms with Gasteiger partial charge in [-0.15, -0.1) is 0 Å². The first kappa shape index (κ1) is 11.9. The van der Waals surface area contributed by atoms with Crippen LogP contribution in [-0.2, 0) is 12.7 Å². The van der Waals surface area contributed by atoms with Gasteiger partial charge in [-0.3, -0.25) is 0 Å². The summed E-state index contributed by atoms with van der Waals surface area (Å²) in [5.41, 5.74) is 1.10. The molecule has 0 aliphatic rings. The molecule has 0 saturated heterocycles. The van der Waals surface area contributed by atoms with Gasteiger partial charge >= 0.3 is 6.18 Å². The van der Waals surface area contributed by atoms with Crippen LogP contribution in [0.1, 0.15) is 18.1 Å². The third-order valence-corrected chi connectivity index (χ3v) is 2.90. The van der Waals surface area contributed by atoms with Crippen molar-refractivity contribution in [3.8, 4) is 0 Å². The molecule has 1 aromatic carbocycles. The zero-order chi connectivity index (χ0) is 12.6. The van der Waals surface area contributed by atoms with E-state index in [9.17, 15) is 13.2 Å². The lowest BCUT2D eigenvalue weighted by Gasteiger charge is -2.08. The third-order valence-electron chi connectivity index (χ3n) is 2.90. The van der Waals surface area contributed by atoms with E-state index in [0.29, 0.717) is 5.39 Å². The maximum Gasteiger partial charge on any atom is 0.416 e. The average Bonchev–Trinajstić information content (AvgIpc) is 2.28. The number of rotatable bonds is 1. The molecule has 2 rings (SSSR count). The van der Waals surface area contributed by atoms with Crippen LogP contribution in [0.5, 0.6) is 0 Å². The van der Waals surface area contributed by atoms with E-state index in [4.69, 9.17) is 0 Å². The Morgan fingerprint density at radius 2 is 1.88 bits per heavy atom. The van der Waals surface area contributed by atoms with Crippen molar-refractivity contribution in [2.75, 3.05) is 0 Å². The summed E-state index contributed by atoms with van der Waals surface area (Å²) in [6.45, 7) is 4.52. The minimum atomic E-state index is -4.28. The smallest absolute Gasteiger partial charge is 0.199 e. The summed E-state index contributed by atoms with van der Waals surface area (Å²) in [6.07, 6.45) is -2.39. The van der Waals surface area contributed by atoms with Gasteiger partial charge in [-0.05, 0) is 31.5 Å². The van der Waals surface area contributed by atoms with E-state index in [-0.39, 0.29) is 0 Å². The Bertz CT molecular complexity index is 558. The Morgan fingerprint density at radius 3 is 2.47 bits per heavy atom. The monoisotopic (exact) mass is 240 g/mol. The first-order chi connectivity index (χ1) is 7.93. The van der Waals surface area contributed by atoms with Gasteiger partial charge < -0.3 is 0 Å². The number of fused-ring (bicyclic) bond motifs is 1. The predicted molar refractivity (Wildman–Crippen MR) is 59.6 cm³/mol. The van der Waals surface area contributed by atoms with Crippen molar-refractivity contribution in [1.82, 2.24) is 0 Å². The number of halogens is 3. The topological polar surface area (TPSA) is 3.88 Å². The summed E-state index contributed by atoms with van der Waals surface area (Å²) < 4.78 is 39.8. The van der Waals surface area contributed by atoms with Gasteiger partial charge in [0.05, 0.1) is 5.56 Å². The number of aryl methyl sites for hydroxylation is 2. The van der Waals surface area contributed by atoms with E-state index in [2.05, 4.69) is 0 Å². The maximum atomic E-state index is 12.6. The van der Waals surface area contributed by atoms with Crippen molar-refractivity contribution in [2.24, 2.45) is 0 Å². The van der Waals surface area contributed by atoms with Crippen LogP contribution in [0.15, 0.2) is 30.5 Å². The second kappa shape index (κ2) is 4.02. The second-order valence-corrected chi connectivity index (χ2v) is 4.01. The highest BCUT2D eigenvalue weighted by atomic mass is 19.4. The fourth-order valence-electron chi connectivity index (χ4n) is 1.93. The van der Waals surface area contributed by atoms with Crippen LogP contribution in [-0.4, -0.2) is 0 Å². The van der Waals surface area contributed by atoms with Gasteiger partial charge in [0.25, 0.3) is 0 Å². The molecule has 0 bridgehead atoms. The van der Waals surface area contributed by atoms with Crippen LogP contribution in [0, 0.1) is 6.92 Å². The summed E-state index contributed by atoms with van der Waals surface area (Å²) in [6, 6.07) is 5.73. The van der Waals surface area contributed by atoms with Gasteiger partial charge in [0.15, 0.2) is 6.20 Å². The summed E-state index contributed by atoms with van der Waals surface area (Å²) in [5, 5.41) is 0.657. The third kappa shape index (κ3) is 2.12. The van der Waals surface area contributed by atoms with Crippen LogP contribution in [0.25, 0.3) is 10.9 Å². The fraction of sp³-hybridized carbons (Fsp3) is 0.308. The van der Waals surface area contributed by atoms with E-state index in [1.165, 1.54) is 12.1 Å². The molecule has 0 saturated carbocycles. The van der Waals surface area contributed by atoms with Crippen molar-refractivity contribution in [1.29, 1.82) is 0 Å². The summed E-state index contributed by atoms with van der Waals surface area (Å²) >= 11 is 0. The largest absolute Gasteiger partial charge is 0.416 e. The van der Waals surface area contributed by atoms with Crippen LogP contribution >= 0.6 is 0 Å². The molecule has 4 heteroatoms. The quantitative estimate of drug-likeness (QED) is 0.672. The Morgan fingerprint density at radius 1 is 1.18 bits per heavy atom. The van der Waals surface area contributed by atoms with Crippen molar-refractivity contribution in [3.63, 3.8) is 0 Å². The fourth-order valence-corrected chi connectivity index (χ4v) is 1.93. The molecule has 0 unspecified atom stereocenters. The van der Waals surface area contributed by atoms with Gasteiger partial charge in [-0.1, -0.05) is 0 Å². The first-order valence-electron chi connectivity index (χ1n) is 5.43. The average molecular weight is 240 g/mol. The predicted octanol–water partition coefficient (Wildman–Crippen LogP) is 3.47. The second-order valence-electron chi connectivity index (χ2n) is 4.01. The molecule has 0 N–H and O–H groups in total. The van der Waals surface area contributed by atoms with Crippen LogP contribution in [0.4, 0.5) is 13.2 Å². The molecule has 90 valence electrons. The number of hydrogen-bond acceptors (Lipinski definition) is 0. The maximum absolute atomic E-state index is 12.6. The highest BCUT2D eigenvalue weighted by Gasteiger charge is 2.31. The van der Waals surface area contributed by atoms with Crippen molar-refractivity contribution in [2.45, 2.75) is 26.6 Å². The van der Waals surface area contributed by atoms with Crippen LogP contribution < -0.4 is 4.57 Å². The standard InChI is InChI=1S/C13H13F3N/c1-3-17-7-6-9(2)11-8-10(13(14,15)16)4-5-12(11)17/h4-8H,3H2,1-2H3/q+1. The minimum Gasteiger partial charge on any atom is -0.199 e. The number of alkyl halides is 3. The van der Waals surface area contributed by atoms with Gasteiger partial charge in [0, 0.05) is 17.5 Å². The number of aromatic nitrogens is 1. The molecule has 0 amide bonds. The lowest BCUT2D eigenvalue weighted by molar-refractivity contribution is -0.667. The normalized spacial score (nSPS) is 12.1. The van der Waals surface area contributed by atoms with Crippen LogP contribution in [0.2, 0.25) is 0 Å². The van der Waals surface area contributed by atoms with Gasteiger partial charge in [0.2, 0.25) is 5.52 Å². The molecule has 1 heterocycles. The van der Waals surface area contributed by atoms with Crippen molar-refractivity contribution >= 4 is 10.9 Å². The van der Waals surface area contributed by atoms with E-state index < -0.39 is 11.7 Å². The molecule has 0 aliphatic heterocycles. The molecule has 1 aromatic heterocycles. The molecular weight excluding hydrogens is 227 g/mol. The molecule has 0 spiro atoms. The SMILES string of the molecule is CC[n+]1ccc(C)c2cc(C(F)(F)F)ccc21. The number of nitrogens with zero attached hydrogens (tertiary/aromatic N) is 1. The number of hydrogen-bond donors (Lipinski definition) is 0. The van der Waals surface area contributed by atoms with E-state index in [0.717, 1.165) is 23.7 Å². The van der Waals surface area contributed by atoms with E-state index >= 15 is 0 Å². The van der Waals surface area contributed by atoms with Gasteiger partial charge in [0.1, 0.15) is 6.54 Å². The highest BCUT2D eigenvalue weighted by Crippen LogP contribution is 2.31. The molecule has 0 radical (unpaired) electrons. The summed E-state index contributed by atoms with van der Waals surface area (Å²) in [7, 11) is 0. The lowest BCUT2D eigenvalue weighted by atomic mass is 10.1. The molecule has 0 aliphatic carbocycles. The Balaban J connectivity index is 2.73. The van der Waals surface area contributed by atoms with Crippen molar-refractivity contribution < 1.29 is 17.7 Å². The zero-order valence-electron chi connectivity index (χ0n) is 9.67. The molecule has 17 heavy (non-hydrogen) atoms. The van der Waals surface area contributed by atoms with E-state index in [1.807, 2.05) is 30.7 Å². The van der Waals surface area contributed by atoms with E-state index in [1.54, 1.807) is 0 Å². The Hall–Kier alpha value is -1.58. The molecule has 2 aromatic rings. The molecular formula is C13H13F3N+. The molecule has 1 nitrogen and oxygen atoms in total. The summed E-state index contributed by atoms with van der Waals surface area (Å²) in [5.74, 6) is 0. The Labute approximate surface area is 97.5 Å². The minimum absolute atomic E-state index is 0.595. The lowest BCUT2D eigenvalue weighted by Crippen LogP contribution is -2.32. The first-order valence-corrected chi connectivity index (χ1v) is 5.43. The zero-order valence-corrected chi connectivity index (χ0v) is 9.67. The summed E-state index contributed by atoms with van der Waals surface area (Å²) in [4.78, 5) is 0. The van der Waals surface area contributed by atoms with Gasteiger partial charge in [-0.25, -0.2) is 0 Å². The van der Waals surface area contributed by atoms with Gasteiger partial charge in [-0.2, -0.15) is 17.7 Å². The highest BCUT2D eigenvalue weighted by molar-refractivity contribution is 5.80. The Kier molecular flexibility index (Phi) is 2.81. The number of benzene rings is 1. The van der Waals surface area contributed by atoms with Crippen LogP contribution in [0.3, 0.4) is 0 Å². The molecule has 0 atom stereocenters.